The normalized spacial score (nSPS) is 11.4. The first kappa shape index (κ1) is 13.5. The van der Waals surface area contributed by atoms with Crippen LogP contribution in [0.25, 0.3) is 10.2 Å². The molecule has 0 spiro atoms. The summed E-state index contributed by atoms with van der Waals surface area (Å²) in [7, 11) is 4.09. The second kappa shape index (κ2) is 5.82. The SMILES string of the molecule is CCc1cc2c(NCCN(C)C)nc(Cl)nc2s1. The Hall–Kier alpha value is -0.910. The van der Waals surface area contributed by atoms with Crippen molar-refractivity contribution >= 4 is 39.0 Å². The molecule has 1 N–H and O–H groups in total. The first-order valence-corrected chi connectivity index (χ1v) is 7.14. The molecule has 2 aromatic heterocycles. The number of fused-ring (bicyclic) bond motifs is 1. The van der Waals surface area contributed by atoms with Crippen LogP contribution in [-0.4, -0.2) is 42.1 Å². The van der Waals surface area contributed by atoms with E-state index in [1.54, 1.807) is 11.3 Å². The number of likely N-dealkylation sites (N-methyl/N-ethyl adjacent to an activating group) is 1. The summed E-state index contributed by atoms with van der Waals surface area (Å²) in [6, 6.07) is 2.15. The van der Waals surface area contributed by atoms with Crippen LogP contribution in [0, 0.1) is 0 Å². The van der Waals surface area contributed by atoms with Crippen LogP contribution in [0.5, 0.6) is 0 Å². The molecule has 0 amide bonds. The van der Waals surface area contributed by atoms with Gasteiger partial charge in [0.15, 0.2) is 0 Å². The molecule has 0 fully saturated rings. The van der Waals surface area contributed by atoms with Crippen molar-refractivity contribution < 1.29 is 0 Å². The van der Waals surface area contributed by atoms with Gasteiger partial charge in [0.05, 0.1) is 5.39 Å². The monoisotopic (exact) mass is 284 g/mol. The number of halogens is 1. The Morgan fingerprint density at radius 3 is 2.83 bits per heavy atom. The average Bonchev–Trinajstić information content (AvgIpc) is 2.71. The molecule has 98 valence electrons. The molecular formula is C12H17ClN4S. The minimum atomic E-state index is 0.305. The van der Waals surface area contributed by atoms with Gasteiger partial charge in [-0.05, 0) is 38.2 Å². The zero-order valence-corrected chi connectivity index (χ0v) is 12.4. The van der Waals surface area contributed by atoms with Gasteiger partial charge >= 0.3 is 0 Å². The lowest BCUT2D eigenvalue weighted by molar-refractivity contribution is 0.425. The maximum Gasteiger partial charge on any atom is 0.225 e. The molecule has 0 radical (unpaired) electrons. The molecule has 0 aliphatic carbocycles. The van der Waals surface area contributed by atoms with E-state index in [0.717, 1.165) is 35.5 Å². The van der Waals surface area contributed by atoms with Crippen LogP contribution in [0.3, 0.4) is 0 Å². The van der Waals surface area contributed by atoms with E-state index in [1.165, 1.54) is 4.88 Å². The van der Waals surface area contributed by atoms with Crippen LogP contribution in [-0.2, 0) is 6.42 Å². The topological polar surface area (TPSA) is 41.0 Å². The maximum atomic E-state index is 5.95. The highest BCUT2D eigenvalue weighted by Crippen LogP contribution is 2.30. The van der Waals surface area contributed by atoms with E-state index in [4.69, 9.17) is 11.6 Å². The highest BCUT2D eigenvalue weighted by molar-refractivity contribution is 7.18. The van der Waals surface area contributed by atoms with E-state index in [-0.39, 0.29) is 0 Å². The van der Waals surface area contributed by atoms with Crippen molar-refractivity contribution in [3.63, 3.8) is 0 Å². The van der Waals surface area contributed by atoms with Crippen LogP contribution in [0.1, 0.15) is 11.8 Å². The fourth-order valence-electron chi connectivity index (χ4n) is 1.65. The van der Waals surface area contributed by atoms with E-state index in [2.05, 4.69) is 33.2 Å². The number of hydrogen-bond donors (Lipinski definition) is 1. The maximum absolute atomic E-state index is 5.95. The first-order valence-electron chi connectivity index (χ1n) is 5.94. The Morgan fingerprint density at radius 1 is 1.39 bits per heavy atom. The Morgan fingerprint density at radius 2 is 2.17 bits per heavy atom. The van der Waals surface area contributed by atoms with Crippen molar-refractivity contribution in [3.05, 3.63) is 16.2 Å². The van der Waals surface area contributed by atoms with Crippen molar-refractivity contribution in [1.82, 2.24) is 14.9 Å². The molecule has 0 saturated heterocycles. The van der Waals surface area contributed by atoms with E-state index in [0.29, 0.717) is 5.28 Å². The minimum absolute atomic E-state index is 0.305. The lowest BCUT2D eigenvalue weighted by atomic mass is 10.3. The summed E-state index contributed by atoms with van der Waals surface area (Å²) < 4.78 is 0. The lowest BCUT2D eigenvalue weighted by Crippen LogP contribution is -2.21. The van der Waals surface area contributed by atoms with Gasteiger partial charge < -0.3 is 10.2 Å². The average molecular weight is 285 g/mol. The van der Waals surface area contributed by atoms with Gasteiger partial charge in [0.1, 0.15) is 10.6 Å². The summed E-state index contributed by atoms with van der Waals surface area (Å²) in [5, 5.41) is 4.70. The van der Waals surface area contributed by atoms with Gasteiger partial charge in [-0.25, -0.2) is 9.97 Å². The van der Waals surface area contributed by atoms with Crippen molar-refractivity contribution in [3.8, 4) is 0 Å². The molecule has 0 unspecified atom stereocenters. The Kier molecular flexibility index (Phi) is 4.37. The molecule has 4 nitrogen and oxygen atoms in total. The van der Waals surface area contributed by atoms with Gasteiger partial charge in [-0.3, -0.25) is 0 Å². The number of thiophene rings is 1. The number of aryl methyl sites for hydroxylation is 1. The third-order valence-corrected chi connectivity index (χ3v) is 3.96. The minimum Gasteiger partial charge on any atom is -0.368 e. The molecule has 0 saturated carbocycles. The lowest BCUT2D eigenvalue weighted by Gasteiger charge is -2.11. The molecule has 0 aliphatic rings. The number of hydrogen-bond acceptors (Lipinski definition) is 5. The van der Waals surface area contributed by atoms with Gasteiger partial charge in [-0.15, -0.1) is 11.3 Å². The Balaban J connectivity index is 2.27. The summed E-state index contributed by atoms with van der Waals surface area (Å²) in [6.45, 7) is 3.93. The summed E-state index contributed by atoms with van der Waals surface area (Å²) in [5.41, 5.74) is 0. The standard InChI is InChI=1S/C12H17ClN4S/c1-4-8-7-9-10(14-5-6-17(2)3)15-12(13)16-11(9)18-8/h7H,4-6H2,1-3H3,(H,14,15,16). The van der Waals surface area contributed by atoms with Crippen LogP contribution in [0.2, 0.25) is 5.28 Å². The molecule has 0 aliphatic heterocycles. The molecule has 6 heteroatoms. The van der Waals surface area contributed by atoms with E-state index >= 15 is 0 Å². The smallest absolute Gasteiger partial charge is 0.225 e. The molecule has 18 heavy (non-hydrogen) atoms. The summed E-state index contributed by atoms with van der Waals surface area (Å²) in [6.07, 6.45) is 1.01. The first-order chi connectivity index (χ1) is 8.60. The third-order valence-electron chi connectivity index (χ3n) is 2.62. The van der Waals surface area contributed by atoms with Gasteiger partial charge in [0.2, 0.25) is 5.28 Å². The summed E-state index contributed by atoms with van der Waals surface area (Å²) in [5.74, 6) is 0.836. The van der Waals surface area contributed by atoms with Gasteiger partial charge in [0.25, 0.3) is 0 Å². The van der Waals surface area contributed by atoms with Crippen molar-refractivity contribution in [2.75, 3.05) is 32.5 Å². The van der Waals surface area contributed by atoms with E-state index in [1.807, 2.05) is 14.1 Å². The number of nitrogens with one attached hydrogen (secondary N) is 1. The largest absolute Gasteiger partial charge is 0.368 e. The molecule has 0 bridgehead atoms. The summed E-state index contributed by atoms with van der Waals surface area (Å²) in [4.78, 5) is 12.9. The fraction of sp³-hybridized carbons (Fsp3) is 0.500. The summed E-state index contributed by atoms with van der Waals surface area (Å²) >= 11 is 7.63. The number of nitrogens with zero attached hydrogens (tertiary/aromatic N) is 3. The van der Waals surface area contributed by atoms with Crippen molar-refractivity contribution in [2.45, 2.75) is 13.3 Å². The second-order valence-corrected chi connectivity index (χ2v) is 5.81. The zero-order valence-electron chi connectivity index (χ0n) is 10.8. The molecule has 2 heterocycles. The molecule has 0 atom stereocenters. The predicted molar refractivity (Wildman–Crippen MR) is 78.8 cm³/mol. The molecule has 2 rings (SSSR count). The highest BCUT2D eigenvalue weighted by atomic mass is 35.5. The van der Waals surface area contributed by atoms with Crippen molar-refractivity contribution in [1.29, 1.82) is 0 Å². The molecule has 0 aromatic carbocycles. The second-order valence-electron chi connectivity index (χ2n) is 4.36. The Labute approximate surface area is 116 Å². The number of anilines is 1. The van der Waals surface area contributed by atoms with Crippen molar-refractivity contribution in [2.24, 2.45) is 0 Å². The van der Waals surface area contributed by atoms with Gasteiger partial charge in [0, 0.05) is 18.0 Å². The third kappa shape index (κ3) is 3.10. The molecular weight excluding hydrogens is 268 g/mol. The van der Waals surface area contributed by atoms with E-state index < -0.39 is 0 Å². The van der Waals surface area contributed by atoms with Crippen LogP contribution in [0.4, 0.5) is 5.82 Å². The highest BCUT2D eigenvalue weighted by Gasteiger charge is 2.10. The van der Waals surface area contributed by atoms with Gasteiger partial charge in [-0.2, -0.15) is 0 Å². The Bertz CT molecular complexity index is 538. The number of aromatic nitrogens is 2. The van der Waals surface area contributed by atoms with Crippen LogP contribution in [0.15, 0.2) is 6.07 Å². The van der Waals surface area contributed by atoms with Crippen LogP contribution >= 0.6 is 22.9 Å². The quantitative estimate of drug-likeness (QED) is 0.857. The number of rotatable bonds is 5. The fourth-order valence-corrected chi connectivity index (χ4v) is 2.84. The predicted octanol–water partition coefficient (Wildman–Crippen LogP) is 2.88. The zero-order chi connectivity index (χ0) is 13.1. The molecule has 2 aromatic rings. The van der Waals surface area contributed by atoms with Gasteiger partial charge in [-0.1, -0.05) is 6.92 Å². The van der Waals surface area contributed by atoms with Crippen LogP contribution < -0.4 is 5.32 Å². The van der Waals surface area contributed by atoms with E-state index in [9.17, 15) is 0 Å².